The number of hydrogen-bond donors (Lipinski definition) is 15. The Morgan fingerprint density at radius 1 is 0.559 bits per heavy atom. The molecule has 0 spiro atoms. The normalized spacial score (nSPS) is 16.3. The fourth-order valence-corrected chi connectivity index (χ4v) is 6.36. The van der Waals surface area contributed by atoms with Crippen molar-refractivity contribution >= 4 is 59.1 Å². The molecular formula is C42H72N12O14. The molecule has 1 heterocycles. The van der Waals surface area contributed by atoms with Gasteiger partial charge in [0, 0.05) is 18.3 Å². The molecule has 1 aromatic rings. The van der Waals surface area contributed by atoms with Gasteiger partial charge in [0.15, 0.2) is 0 Å². The lowest BCUT2D eigenvalue weighted by Crippen LogP contribution is -2.63. The van der Waals surface area contributed by atoms with Crippen LogP contribution in [0.5, 0.6) is 0 Å². The lowest BCUT2D eigenvalue weighted by molar-refractivity contribution is -0.143. The summed E-state index contributed by atoms with van der Waals surface area (Å²) < 4.78 is 0. The van der Waals surface area contributed by atoms with Gasteiger partial charge < -0.3 is 79.4 Å². The molecule has 0 unspecified atom stereocenters. The number of carbonyl (C=O) groups excluding carboxylic acids is 9. The second kappa shape index (κ2) is 28.2. The number of carboxylic acids is 1. The quantitative estimate of drug-likeness (QED) is 0.0357. The average molecular weight is 969 g/mol. The Bertz CT molecular complexity index is 1890. The monoisotopic (exact) mass is 969 g/mol. The van der Waals surface area contributed by atoms with E-state index in [1.807, 2.05) is 0 Å². The van der Waals surface area contributed by atoms with E-state index in [1.165, 1.54) is 33.3 Å². The van der Waals surface area contributed by atoms with E-state index in [4.69, 9.17) is 11.5 Å². The molecule has 26 nitrogen and oxygen atoms in total. The summed E-state index contributed by atoms with van der Waals surface area (Å²) in [5.41, 5.74) is 11.5. The van der Waals surface area contributed by atoms with Crippen molar-refractivity contribution in [3.63, 3.8) is 0 Å². The van der Waals surface area contributed by atoms with Crippen molar-refractivity contribution in [2.24, 2.45) is 35.1 Å². The Balaban J connectivity index is 3.33. The van der Waals surface area contributed by atoms with Crippen molar-refractivity contribution < 1.29 is 68.4 Å². The topological polar surface area (TPSA) is 429 Å². The van der Waals surface area contributed by atoms with Gasteiger partial charge in [-0.05, 0) is 43.9 Å². The molecule has 0 radical (unpaired) electrons. The van der Waals surface area contributed by atoms with Crippen molar-refractivity contribution in [1.82, 2.24) is 52.5 Å². The summed E-state index contributed by atoms with van der Waals surface area (Å²) in [4.78, 5) is 138. The second-order valence-electron chi connectivity index (χ2n) is 18.0. The second-order valence-corrected chi connectivity index (χ2v) is 18.0. The summed E-state index contributed by atoms with van der Waals surface area (Å²) in [7, 11) is 0. The van der Waals surface area contributed by atoms with Gasteiger partial charge in [0.05, 0.1) is 37.6 Å². The third kappa shape index (κ3) is 19.5. The number of aromatic nitrogens is 2. The Morgan fingerprint density at radius 3 is 1.38 bits per heavy atom. The van der Waals surface area contributed by atoms with Crippen molar-refractivity contribution in [2.45, 2.75) is 155 Å². The lowest BCUT2D eigenvalue weighted by atomic mass is 10.00. The fraction of sp³-hybridized carbons (Fsp3) is 0.690. The summed E-state index contributed by atoms with van der Waals surface area (Å²) in [6, 6.07) is -13.6. The van der Waals surface area contributed by atoms with Crippen LogP contribution in [0.15, 0.2) is 12.5 Å². The summed E-state index contributed by atoms with van der Waals surface area (Å²) >= 11 is 0. The Kier molecular flexibility index (Phi) is 24.8. The van der Waals surface area contributed by atoms with E-state index in [1.54, 1.807) is 41.5 Å². The highest BCUT2D eigenvalue weighted by molar-refractivity contribution is 5.99. The van der Waals surface area contributed by atoms with E-state index < -0.39 is 151 Å². The zero-order chi connectivity index (χ0) is 52.3. The molecule has 0 aliphatic carbocycles. The zero-order valence-corrected chi connectivity index (χ0v) is 40.1. The number of carbonyl (C=O) groups is 10. The standard InChI is InChI=1S/C42H72N12O14/c1-17(2)11-26(42(67)68)49-35(60)25(13-28(43)58)48-38(63)30(19(5)6)51-36(61)27(15-55)50-34(59)24(12-23-14-45-16-46-23)47-40(65)32(21(9)56)54-39(64)31(20(7)8)52-41(66)33(22(10)57)53-37(62)29(44)18(3)4/h14,16-22,24-27,29-33,55-57H,11-13,15,44H2,1-10H3,(H2,43,58)(H,45,46)(H,47,65)(H,48,63)(H,49,60)(H,50,59)(H,51,61)(H,52,66)(H,53,62)(H,54,64)(H,67,68)/t21-,22-,24+,25+,26+,27+,29+,30+,31+,32+,33+/m1/s1. The van der Waals surface area contributed by atoms with Gasteiger partial charge in [-0.1, -0.05) is 55.4 Å². The molecular weight excluding hydrogens is 897 g/mol. The maximum atomic E-state index is 13.9. The van der Waals surface area contributed by atoms with E-state index in [9.17, 15) is 68.4 Å². The number of hydrogen-bond acceptors (Lipinski definition) is 15. The zero-order valence-electron chi connectivity index (χ0n) is 40.1. The highest BCUT2D eigenvalue weighted by atomic mass is 16.4. The highest BCUT2D eigenvalue weighted by Gasteiger charge is 2.38. The molecule has 384 valence electrons. The first-order chi connectivity index (χ1) is 31.5. The number of nitrogens with zero attached hydrogens (tertiary/aromatic N) is 1. The molecule has 11 atom stereocenters. The van der Waals surface area contributed by atoms with E-state index in [0.29, 0.717) is 0 Å². The van der Waals surface area contributed by atoms with Crippen molar-refractivity contribution in [3.05, 3.63) is 18.2 Å². The largest absolute Gasteiger partial charge is 0.480 e. The number of imidazole rings is 1. The predicted molar refractivity (Wildman–Crippen MR) is 242 cm³/mol. The van der Waals surface area contributed by atoms with E-state index in [-0.39, 0.29) is 30.4 Å². The maximum Gasteiger partial charge on any atom is 0.326 e. The van der Waals surface area contributed by atoms with Crippen LogP contribution in [-0.2, 0) is 54.4 Å². The maximum absolute atomic E-state index is 13.9. The van der Waals surface area contributed by atoms with Gasteiger partial charge in [-0.15, -0.1) is 0 Å². The number of primary amides is 1. The minimum atomic E-state index is -1.78. The number of aliphatic carboxylic acids is 1. The van der Waals surface area contributed by atoms with Crippen LogP contribution in [0.1, 0.15) is 87.8 Å². The van der Waals surface area contributed by atoms with Gasteiger partial charge in [-0.2, -0.15) is 0 Å². The van der Waals surface area contributed by atoms with Crippen LogP contribution < -0.4 is 54.0 Å². The number of aromatic amines is 1. The smallest absolute Gasteiger partial charge is 0.326 e. The molecule has 1 aromatic heterocycles. The van der Waals surface area contributed by atoms with Crippen LogP contribution >= 0.6 is 0 Å². The van der Waals surface area contributed by atoms with Crippen LogP contribution in [0, 0.1) is 23.7 Å². The summed E-state index contributed by atoms with van der Waals surface area (Å²) in [6.45, 7) is 14.2. The van der Waals surface area contributed by atoms with Gasteiger partial charge in [0.25, 0.3) is 0 Å². The van der Waals surface area contributed by atoms with Crippen LogP contribution in [-0.4, -0.2) is 163 Å². The molecule has 0 aliphatic rings. The van der Waals surface area contributed by atoms with E-state index in [2.05, 4.69) is 52.5 Å². The molecule has 0 aromatic carbocycles. The average Bonchev–Trinajstić information content (AvgIpc) is 3.75. The van der Waals surface area contributed by atoms with Crippen LogP contribution in [0.2, 0.25) is 0 Å². The minimum Gasteiger partial charge on any atom is -0.480 e. The van der Waals surface area contributed by atoms with Crippen LogP contribution in [0.3, 0.4) is 0 Å². The Hall–Kier alpha value is -6.25. The summed E-state index contributed by atoms with van der Waals surface area (Å²) in [5, 5.41) is 59.7. The van der Waals surface area contributed by atoms with Crippen molar-refractivity contribution in [1.29, 1.82) is 0 Å². The first-order valence-corrected chi connectivity index (χ1v) is 22.2. The molecule has 9 amide bonds. The van der Waals surface area contributed by atoms with E-state index >= 15 is 0 Å². The molecule has 0 fully saturated rings. The van der Waals surface area contributed by atoms with Crippen molar-refractivity contribution in [3.8, 4) is 0 Å². The number of nitrogens with two attached hydrogens (primary N) is 2. The van der Waals surface area contributed by atoms with Crippen molar-refractivity contribution in [2.75, 3.05) is 6.61 Å². The van der Waals surface area contributed by atoms with Crippen LogP contribution in [0.4, 0.5) is 0 Å². The van der Waals surface area contributed by atoms with Gasteiger partial charge in [0.2, 0.25) is 53.2 Å². The molecule has 26 heteroatoms. The first-order valence-electron chi connectivity index (χ1n) is 22.2. The SMILES string of the molecule is CC(C)C[C@H](NC(=O)[C@H](CC(N)=O)NC(=O)[C@@H](NC(=O)[C@H](CO)NC(=O)[C@H](Cc1cnc[nH]1)NC(=O)[C@@H](NC(=O)[C@@H](NC(=O)[C@@H](NC(=O)[C@@H](N)C(C)C)[C@@H](C)O)C(C)C)[C@@H](C)O)C(C)C)C(=O)O. The molecule has 0 saturated heterocycles. The highest BCUT2D eigenvalue weighted by Crippen LogP contribution is 2.11. The van der Waals surface area contributed by atoms with Gasteiger partial charge >= 0.3 is 5.97 Å². The number of aliphatic hydroxyl groups excluding tert-OH is 3. The number of aliphatic hydroxyl groups is 3. The van der Waals surface area contributed by atoms with Gasteiger partial charge in [-0.3, -0.25) is 43.2 Å². The number of rotatable bonds is 29. The lowest BCUT2D eigenvalue weighted by Gasteiger charge is -2.30. The molecule has 0 saturated carbocycles. The predicted octanol–water partition coefficient (Wildman–Crippen LogP) is -5.11. The van der Waals surface area contributed by atoms with Gasteiger partial charge in [-0.25, -0.2) is 9.78 Å². The van der Waals surface area contributed by atoms with Gasteiger partial charge in [0.1, 0.15) is 48.3 Å². The molecule has 1 rings (SSSR count). The summed E-state index contributed by atoms with van der Waals surface area (Å²) in [5.74, 6) is -12.3. The minimum absolute atomic E-state index is 0.0209. The molecule has 17 N–H and O–H groups in total. The number of H-pyrrole nitrogens is 1. The molecule has 68 heavy (non-hydrogen) atoms. The third-order valence-corrected chi connectivity index (χ3v) is 10.4. The van der Waals surface area contributed by atoms with E-state index in [0.717, 1.165) is 6.92 Å². The number of nitrogens with one attached hydrogen (secondary N) is 9. The molecule has 0 bridgehead atoms. The molecule has 0 aliphatic heterocycles. The Morgan fingerprint density at radius 2 is 0.956 bits per heavy atom. The third-order valence-electron chi connectivity index (χ3n) is 10.4. The first kappa shape index (κ1) is 59.8. The van der Waals surface area contributed by atoms with Crippen LogP contribution in [0.25, 0.3) is 0 Å². The fourth-order valence-electron chi connectivity index (χ4n) is 6.36. The summed E-state index contributed by atoms with van der Waals surface area (Å²) in [6.07, 6.45) is -1.51. The Labute approximate surface area is 394 Å². The number of amides is 9. The number of carboxylic acid groups (broad SMARTS) is 1.